The van der Waals surface area contributed by atoms with Crippen LogP contribution in [-0.2, 0) is 9.53 Å². The summed E-state index contributed by atoms with van der Waals surface area (Å²) in [6, 6.07) is 1.15. The molecule has 6 heteroatoms. The average Bonchev–Trinajstić information content (AvgIpc) is 3.08. The third kappa shape index (κ3) is 4.53. The summed E-state index contributed by atoms with van der Waals surface area (Å²) in [4.78, 5) is 24.2. The molecule has 0 fully saturated rings. The molecule has 0 bridgehead atoms. The lowest BCUT2D eigenvalue weighted by molar-refractivity contribution is -0.121. The zero-order valence-electron chi connectivity index (χ0n) is 14.5. The van der Waals surface area contributed by atoms with E-state index in [1.165, 1.54) is 18.3 Å². The fourth-order valence-electron chi connectivity index (χ4n) is 2.99. The molecule has 1 aliphatic rings. The zero-order valence-corrected chi connectivity index (χ0v) is 15.3. The minimum atomic E-state index is -0.389. The smallest absolute Gasteiger partial charge is 0.217 e. The summed E-state index contributed by atoms with van der Waals surface area (Å²) in [5.74, 6) is -0.152. The maximum atomic E-state index is 12.6. The van der Waals surface area contributed by atoms with Gasteiger partial charge in [-0.15, -0.1) is 0 Å². The van der Waals surface area contributed by atoms with Crippen molar-refractivity contribution < 1.29 is 14.3 Å². The van der Waals surface area contributed by atoms with Gasteiger partial charge in [0.05, 0.1) is 18.2 Å². The summed E-state index contributed by atoms with van der Waals surface area (Å²) in [6.45, 7) is 5.59. The van der Waals surface area contributed by atoms with Gasteiger partial charge in [-0.05, 0) is 36.8 Å². The van der Waals surface area contributed by atoms with Crippen molar-refractivity contribution in [1.29, 1.82) is 0 Å². The molecule has 0 spiro atoms. The van der Waals surface area contributed by atoms with Crippen LogP contribution < -0.4 is 11.1 Å². The van der Waals surface area contributed by atoms with Gasteiger partial charge in [0.15, 0.2) is 5.78 Å². The third-order valence-corrected chi connectivity index (χ3v) is 5.02. The van der Waals surface area contributed by atoms with Gasteiger partial charge in [0.25, 0.3) is 0 Å². The van der Waals surface area contributed by atoms with Gasteiger partial charge in [-0.2, -0.15) is 11.3 Å². The van der Waals surface area contributed by atoms with Crippen LogP contribution in [0.1, 0.15) is 50.4 Å². The molecule has 3 N–H and O–H groups in total. The number of carbonyl (C=O) groups is 2. The largest absolute Gasteiger partial charge is 0.369 e. The molecule has 3 atom stereocenters. The number of ketones is 1. The second-order valence-corrected chi connectivity index (χ2v) is 6.95. The molecule has 0 saturated carbocycles. The molecule has 1 aromatic rings. The Bertz CT molecular complexity index is 593. The van der Waals surface area contributed by atoms with Crippen LogP contribution in [0.25, 0.3) is 0 Å². The molecular formula is C18H26N2O3S. The first-order chi connectivity index (χ1) is 11.5. The lowest BCUT2D eigenvalue weighted by atomic mass is 9.85. The Labute approximate surface area is 147 Å². The molecule has 0 saturated heterocycles. The van der Waals surface area contributed by atoms with Crippen molar-refractivity contribution in [2.45, 2.75) is 64.3 Å². The summed E-state index contributed by atoms with van der Waals surface area (Å²) in [5.41, 5.74) is 7.62. The minimum absolute atomic E-state index is 0.00822. The fraction of sp³-hybridized carbons (Fsp3) is 0.556. The number of nitrogens with two attached hydrogens (primary N) is 1. The molecule has 0 aliphatic heterocycles. The Hall–Kier alpha value is -1.50. The Morgan fingerprint density at radius 3 is 2.67 bits per heavy atom. The van der Waals surface area contributed by atoms with Crippen LogP contribution in [0, 0.1) is 0 Å². The van der Waals surface area contributed by atoms with E-state index >= 15 is 0 Å². The monoisotopic (exact) mass is 350 g/mol. The molecule has 1 heterocycles. The van der Waals surface area contributed by atoms with Gasteiger partial charge in [-0.1, -0.05) is 13.8 Å². The third-order valence-electron chi connectivity index (χ3n) is 4.34. The quantitative estimate of drug-likeness (QED) is 0.741. The minimum Gasteiger partial charge on any atom is -0.369 e. The molecular weight excluding hydrogens is 324 g/mol. The topological polar surface area (TPSA) is 81.4 Å². The summed E-state index contributed by atoms with van der Waals surface area (Å²) >= 11 is 1.49. The van der Waals surface area contributed by atoms with Crippen LogP contribution in [0.15, 0.2) is 28.5 Å². The summed E-state index contributed by atoms with van der Waals surface area (Å²) in [5, 5.41) is 6.61. The number of hydrogen-bond donors (Lipinski definition) is 2. The molecule has 132 valence electrons. The van der Waals surface area contributed by atoms with Gasteiger partial charge in [0.2, 0.25) is 5.91 Å². The van der Waals surface area contributed by atoms with E-state index in [1.807, 2.05) is 22.9 Å². The van der Waals surface area contributed by atoms with Crippen molar-refractivity contribution in [2.75, 3.05) is 0 Å². The van der Waals surface area contributed by atoms with E-state index in [4.69, 9.17) is 10.5 Å². The second kappa shape index (κ2) is 8.55. The maximum Gasteiger partial charge on any atom is 0.217 e. The average molecular weight is 350 g/mol. The fourth-order valence-corrected chi connectivity index (χ4v) is 3.63. The van der Waals surface area contributed by atoms with E-state index < -0.39 is 0 Å². The lowest BCUT2D eigenvalue weighted by Gasteiger charge is -2.36. The van der Waals surface area contributed by atoms with Gasteiger partial charge >= 0.3 is 0 Å². The van der Waals surface area contributed by atoms with E-state index in [9.17, 15) is 9.59 Å². The Morgan fingerprint density at radius 2 is 2.12 bits per heavy atom. The van der Waals surface area contributed by atoms with Gasteiger partial charge < -0.3 is 15.8 Å². The highest BCUT2D eigenvalue weighted by molar-refractivity contribution is 7.08. The standard InChI is InChI=1S/C18H26N2O3S/c1-4-14(5-2)23-16-9-13(18(22)12-6-7-24-10-12)8-15(19)17(16)20-11(3)21/h6-7,9-10,14-17H,4-5,8,19H2,1-3H3,(H,20,21)/t15-,16+,17+/m0/s1. The normalized spacial score (nSPS) is 23.9. The van der Waals surface area contributed by atoms with E-state index in [-0.39, 0.29) is 36.0 Å². The van der Waals surface area contributed by atoms with Crippen LogP contribution in [0.5, 0.6) is 0 Å². The predicted molar refractivity (Wildman–Crippen MR) is 96.2 cm³/mol. The van der Waals surface area contributed by atoms with Crippen molar-refractivity contribution in [3.63, 3.8) is 0 Å². The van der Waals surface area contributed by atoms with Gasteiger partial charge in [0, 0.05) is 29.5 Å². The number of hydrogen-bond acceptors (Lipinski definition) is 5. The Balaban J connectivity index is 2.27. The summed E-state index contributed by atoms with van der Waals surface area (Å²) in [7, 11) is 0. The van der Waals surface area contributed by atoms with E-state index in [0.29, 0.717) is 17.6 Å². The van der Waals surface area contributed by atoms with Crippen molar-refractivity contribution in [3.8, 4) is 0 Å². The number of Topliss-reactive ketones (excluding diaryl/α,β-unsaturated/α-hetero) is 1. The number of nitrogens with one attached hydrogen (secondary N) is 1. The van der Waals surface area contributed by atoms with Crippen LogP contribution >= 0.6 is 11.3 Å². The lowest BCUT2D eigenvalue weighted by Crippen LogP contribution is -2.57. The molecule has 2 rings (SSSR count). The number of ether oxygens (including phenoxy) is 1. The van der Waals surface area contributed by atoms with Gasteiger partial charge in [-0.3, -0.25) is 9.59 Å². The highest BCUT2D eigenvalue weighted by Gasteiger charge is 2.35. The first-order valence-corrected chi connectivity index (χ1v) is 9.36. The van der Waals surface area contributed by atoms with Crippen LogP contribution in [-0.4, -0.2) is 36.0 Å². The first-order valence-electron chi connectivity index (χ1n) is 8.41. The van der Waals surface area contributed by atoms with Gasteiger partial charge in [-0.25, -0.2) is 0 Å². The number of carbonyl (C=O) groups excluding carboxylic acids is 2. The molecule has 5 nitrogen and oxygen atoms in total. The van der Waals surface area contributed by atoms with Crippen molar-refractivity contribution in [1.82, 2.24) is 5.32 Å². The zero-order chi connectivity index (χ0) is 17.7. The Morgan fingerprint density at radius 1 is 1.42 bits per heavy atom. The molecule has 1 aliphatic carbocycles. The van der Waals surface area contributed by atoms with E-state index in [1.54, 1.807) is 0 Å². The first kappa shape index (κ1) is 18.8. The Kier molecular flexibility index (Phi) is 6.71. The molecule has 0 unspecified atom stereocenters. The van der Waals surface area contributed by atoms with Crippen LogP contribution in [0.3, 0.4) is 0 Å². The molecule has 1 amide bonds. The molecule has 0 aromatic carbocycles. The van der Waals surface area contributed by atoms with E-state index in [2.05, 4.69) is 19.2 Å². The van der Waals surface area contributed by atoms with Crippen LogP contribution in [0.2, 0.25) is 0 Å². The summed E-state index contributed by atoms with van der Waals surface area (Å²) in [6.07, 6.45) is 3.71. The molecule has 1 aromatic heterocycles. The highest BCUT2D eigenvalue weighted by atomic mass is 32.1. The number of amides is 1. The maximum absolute atomic E-state index is 12.6. The van der Waals surface area contributed by atoms with E-state index in [0.717, 1.165) is 12.8 Å². The SMILES string of the molecule is CCC(CC)O[C@@H]1C=C(C(=O)c2ccsc2)C[C@H](N)[C@H]1NC(C)=O. The van der Waals surface area contributed by atoms with Crippen molar-refractivity contribution in [2.24, 2.45) is 5.73 Å². The molecule has 0 radical (unpaired) electrons. The van der Waals surface area contributed by atoms with Crippen molar-refractivity contribution >= 4 is 23.0 Å². The highest BCUT2D eigenvalue weighted by Crippen LogP contribution is 2.26. The second-order valence-electron chi connectivity index (χ2n) is 6.17. The van der Waals surface area contributed by atoms with Crippen LogP contribution in [0.4, 0.5) is 0 Å². The number of rotatable bonds is 7. The van der Waals surface area contributed by atoms with Gasteiger partial charge in [0.1, 0.15) is 0 Å². The number of thiophene rings is 1. The van der Waals surface area contributed by atoms with Crippen molar-refractivity contribution in [3.05, 3.63) is 34.0 Å². The predicted octanol–water partition coefficient (Wildman–Crippen LogP) is 2.67. The molecule has 24 heavy (non-hydrogen) atoms. The summed E-state index contributed by atoms with van der Waals surface area (Å²) < 4.78 is 6.15.